The molecule has 9 nitrogen and oxygen atoms in total. The van der Waals surface area contributed by atoms with E-state index in [2.05, 4.69) is 9.98 Å². The van der Waals surface area contributed by atoms with E-state index in [1.54, 1.807) is 31.2 Å². The van der Waals surface area contributed by atoms with E-state index in [1.807, 2.05) is 0 Å². The number of nitrogens with one attached hydrogen (secondary N) is 1. The highest BCUT2D eigenvalue weighted by Gasteiger charge is 2.26. The number of carboxylic acid groups (broad SMARTS) is 1. The lowest BCUT2D eigenvalue weighted by molar-refractivity contribution is -0.143. The molecule has 160 valence electrons. The number of benzene rings is 1. The number of aromatic amines is 1. The molecule has 3 rings (SSSR count). The van der Waals surface area contributed by atoms with Gasteiger partial charge in [0.2, 0.25) is 5.88 Å². The lowest BCUT2D eigenvalue weighted by atomic mass is 9.82. The van der Waals surface area contributed by atoms with E-state index in [0.717, 1.165) is 17.4 Å². The number of rotatable bonds is 6. The molecule has 0 saturated heterocycles. The largest absolute Gasteiger partial charge is 0.497 e. The van der Waals surface area contributed by atoms with Crippen LogP contribution in [0.2, 0.25) is 0 Å². The number of hydrogen-bond donors (Lipinski definition) is 3. The molecule has 1 aromatic carbocycles. The fourth-order valence-electron chi connectivity index (χ4n) is 3.76. The van der Waals surface area contributed by atoms with Gasteiger partial charge in [-0.25, -0.2) is 9.36 Å². The summed E-state index contributed by atoms with van der Waals surface area (Å²) < 4.78 is 6.10. The lowest BCUT2D eigenvalue weighted by Gasteiger charge is -2.24. The van der Waals surface area contributed by atoms with Crippen molar-refractivity contribution in [1.82, 2.24) is 9.55 Å². The molecular weight excluding hydrogens is 390 g/mol. The summed E-state index contributed by atoms with van der Waals surface area (Å²) in [4.78, 5) is 42.4. The normalized spacial score (nSPS) is 19.5. The van der Waals surface area contributed by atoms with Crippen molar-refractivity contribution in [3.8, 4) is 17.3 Å². The summed E-state index contributed by atoms with van der Waals surface area (Å²) in [5.41, 5.74) is -0.846. The number of methoxy groups -OCH3 is 1. The van der Waals surface area contributed by atoms with Crippen LogP contribution in [-0.4, -0.2) is 45.1 Å². The fraction of sp³-hybridized carbons (Fsp3) is 0.429. The second-order valence-electron chi connectivity index (χ2n) is 7.47. The zero-order valence-corrected chi connectivity index (χ0v) is 16.9. The van der Waals surface area contributed by atoms with Crippen LogP contribution in [0, 0.1) is 11.8 Å². The monoisotopic (exact) mass is 415 g/mol. The zero-order valence-electron chi connectivity index (χ0n) is 16.9. The van der Waals surface area contributed by atoms with Gasteiger partial charge < -0.3 is 14.9 Å². The molecule has 9 heteroatoms. The molecule has 1 saturated carbocycles. The summed E-state index contributed by atoms with van der Waals surface area (Å²) in [6.07, 6.45) is 2.73. The molecule has 1 fully saturated rings. The van der Waals surface area contributed by atoms with Crippen LogP contribution >= 0.6 is 0 Å². The molecule has 30 heavy (non-hydrogen) atoms. The molecule has 3 N–H and O–H groups in total. The minimum absolute atomic E-state index is 0.0651. The first-order valence-electron chi connectivity index (χ1n) is 9.78. The SMILES string of the molecule is COc1ccc(-n2c(O)c(C(C)=NCC3CCC(C(=O)O)CC3)c(=O)[nH]c2=O)cc1. The number of nitrogens with zero attached hydrogens (tertiary/aromatic N) is 2. The standard InChI is InChI=1S/C21H25N3O6/c1-12(22-11-13-3-5-14(6-4-13)20(27)28)17-18(25)23-21(29)24(19(17)26)15-7-9-16(30-2)10-8-15/h7-10,13-14,26H,3-6,11H2,1-2H3,(H,27,28)(H,23,25,29). The Labute approximate surface area is 172 Å². The third-order valence-electron chi connectivity index (χ3n) is 5.56. The van der Waals surface area contributed by atoms with Crippen molar-refractivity contribution in [2.24, 2.45) is 16.8 Å². The minimum atomic E-state index is -0.759. The highest BCUT2D eigenvalue weighted by molar-refractivity contribution is 6.00. The summed E-state index contributed by atoms with van der Waals surface area (Å²) >= 11 is 0. The highest BCUT2D eigenvalue weighted by atomic mass is 16.5. The second-order valence-corrected chi connectivity index (χ2v) is 7.47. The first-order valence-corrected chi connectivity index (χ1v) is 9.78. The smallest absolute Gasteiger partial charge is 0.335 e. The maximum Gasteiger partial charge on any atom is 0.335 e. The van der Waals surface area contributed by atoms with Crippen LogP contribution in [-0.2, 0) is 4.79 Å². The molecule has 1 heterocycles. The lowest BCUT2D eigenvalue weighted by Crippen LogP contribution is -2.33. The van der Waals surface area contributed by atoms with Gasteiger partial charge in [-0.1, -0.05) is 0 Å². The van der Waals surface area contributed by atoms with Crippen molar-refractivity contribution in [3.05, 3.63) is 50.7 Å². The van der Waals surface area contributed by atoms with Crippen LogP contribution in [0.25, 0.3) is 5.69 Å². The Kier molecular flexibility index (Phi) is 6.39. The molecule has 2 aromatic rings. The van der Waals surface area contributed by atoms with E-state index in [1.165, 1.54) is 7.11 Å². The van der Waals surface area contributed by atoms with E-state index in [4.69, 9.17) is 9.84 Å². The van der Waals surface area contributed by atoms with Crippen LogP contribution in [0.15, 0.2) is 38.8 Å². The van der Waals surface area contributed by atoms with E-state index in [9.17, 15) is 19.5 Å². The van der Waals surface area contributed by atoms with Crippen molar-refractivity contribution in [2.75, 3.05) is 13.7 Å². The predicted molar refractivity (Wildman–Crippen MR) is 111 cm³/mol. The molecular formula is C21H25N3O6. The summed E-state index contributed by atoms with van der Waals surface area (Å²) in [7, 11) is 1.52. The first kappa shape index (κ1) is 21.4. The van der Waals surface area contributed by atoms with Gasteiger partial charge in [-0.05, 0) is 62.8 Å². The van der Waals surface area contributed by atoms with Crippen molar-refractivity contribution in [3.63, 3.8) is 0 Å². The number of hydrogen-bond acceptors (Lipinski definition) is 6. The Morgan fingerprint density at radius 3 is 2.40 bits per heavy atom. The number of aliphatic imine (C=N–C) groups is 1. The maximum absolute atomic E-state index is 12.4. The Hall–Kier alpha value is -3.36. The fourth-order valence-corrected chi connectivity index (χ4v) is 3.76. The molecule has 0 unspecified atom stereocenters. The van der Waals surface area contributed by atoms with Gasteiger partial charge in [0.05, 0.1) is 18.7 Å². The second kappa shape index (κ2) is 8.98. The van der Waals surface area contributed by atoms with Gasteiger partial charge in [0, 0.05) is 12.3 Å². The number of H-pyrrole nitrogens is 1. The highest BCUT2D eigenvalue weighted by Crippen LogP contribution is 2.29. The molecule has 1 aromatic heterocycles. The molecule has 0 bridgehead atoms. The van der Waals surface area contributed by atoms with Gasteiger partial charge >= 0.3 is 11.7 Å². The zero-order chi connectivity index (χ0) is 21.8. The summed E-state index contributed by atoms with van der Waals surface area (Å²) in [5.74, 6) is -0.725. The number of aromatic nitrogens is 2. The van der Waals surface area contributed by atoms with Gasteiger partial charge in [-0.15, -0.1) is 0 Å². The minimum Gasteiger partial charge on any atom is -0.497 e. The predicted octanol–water partition coefficient (Wildman–Crippen LogP) is 1.94. The average molecular weight is 415 g/mol. The Morgan fingerprint density at radius 2 is 1.83 bits per heavy atom. The number of ether oxygens (including phenoxy) is 1. The average Bonchev–Trinajstić information content (AvgIpc) is 2.72. The quantitative estimate of drug-likeness (QED) is 0.617. The van der Waals surface area contributed by atoms with Crippen molar-refractivity contribution in [2.45, 2.75) is 32.6 Å². The molecule has 0 radical (unpaired) electrons. The topological polar surface area (TPSA) is 134 Å². The van der Waals surface area contributed by atoms with E-state index < -0.39 is 23.1 Å². The first-order chi connectivity index (χ1) is 14.3. The van der Waals surface area contributed by atoms with Crippen molar-refractivity contribution >= 4 is 11.7 Å². The van der Waals surface area contributed by atoms with E-state index in [-0.39, 0.29) is 17.4 Å². The summed E-state index contributed by atoms with van der Waals surface area (Å²) in [6.45, 7) is 2.04. The maximum atomic E-state index is 12.4. The van der Waals surface area contributed by atoms with Crippen LogP contribution < -0.4 is 16.0 Å². The van der Waals surface area contributed by atoms with Gasteiger partial charge in [0.25, 0.3) is 5.56 Å². The van der Waals surface area contributed by atoms with Gasteiger partial charge in [0.15, 0.2) is 0 Å². The molecule has 0 amide bonds. The number of carbonyl (C=O) groups is 1. The Bertz CT molecular complexity index is 1060. The number of carboxylic acids is 1. The Balaban J connectivity index is 1.86. The van der Waals surface area contributed by atoms with Crippen molar-refractivity contribution < 1.29 is 19.7 Å². The third-order valence-corrected chi connectivity index (χ3v) is 5.56. The Morgan fingerprint density at radius 1 is 1.20 bits per heavy atom. The van der Waals surface area contributed by atoms with Crippen LogP contribution in [0.5, 0.6) is 11.6 Å². The third kappa shape index (κ3) is 4.45. The van der Waals surface area contributed by atoms with Crippen LogP contribution in [0.1, 0.15) is 38.2 Å². The molecule has 0 aliphatic heterocycles. The van der Waals surface area contributed by atoms with Gasteiger partial charge in [-0.2, -0.15) is 0 Å². The molecule has 1 aliphatic rings. The number of aliphatic carboxylic acids is 1. The van der Waals surface area contributed by atoms with Gasteiger partial charge in [-0.3, -0.25) is 19.6 Å². The summed E-state index contributed by atoms with van der Waals surface area (Å²) in [5, 5.41) is 19.8. The van der Waals surface area contributed by atoms with E-state index in [0.29, 0.717) is 36.5 Å². The van der Waals surface area contributed by atoms with Crippen LogP contribution in [0.4, 0.5) is 0 Å². The van der Waals surface area contributed by atoms with Crippen molar-refractivity contribution in [1.29, 1.82) is 0 Å². The van der Waals surface area contributed by atoms with Crippen LogP contribution in [0.3, 0.4) is 0 Å². The number of aromatic hydroxyl groups is 1. The van der Waals surface area contributed by atoms with Gasteiger partial charge in [0.1, 0.15) is 11.3 Å². The molecule has 0 atom stereocenters. The van der Waals surface area contributed by atoms with E-state index >= 15 is 0 Å². The molecule has 1 aliphatic carbocycles. The summed E-state index contributed by atoms with van der Waals surface area (Å²) in [6, 6.07) is 6.46. The molecule has 0 spiro atoms.